The molecule has 6 N–H and O–H groups in total. The van der Waals surface area contributed by atoms with E-state index in [1.54, 1.807) is 0 Å². The van der Waals surface area contributed by atoms with Gasteiger partial charge in [0.2, 0.25) is 17.7 Å². The summed E-state index contributed by atoms with van der Waals surface area (Å²) in [5.74, 6) is -0.767. The van der Waals surface area contributed by atoms with Crippen LogP contribution in [0.15, 0.2) is 0 Å². The van der Waals surface area contributed by atoms with Gasteiger partial charge in [0, 0.05) is 5.75 Å². The van der Waals surface area contributed by atoms with Crippen molar-refractivity contribution >= 4 is 71.6 Å². The number of aliphatic carboxylic acids is 1. The number of thioether (sulfide) groups is 3. The summed E-state index contributed by atoms with van der Waals surface area (Å²) in [6.07, 6.45) is 6.57. The van der Waals surface area contributed by atoms with E-state index in [-0.39, 0.29) is 12.2 Å². The minimum Gasteiger partial charge on any atom is -0.480 e. The van der Waals surface area contributed by atoms with E-state index in [9.17, 15) is 24.3 Å². The first-order valence-electron chi connectivity index (χ1n) is 9.68. The van der Waals surface area contributed by atoms with Crippen molar-refractivity contribution < 1.29 is 24.3 Å². The zero-order valence-corrected chi connectivity index (χ0v) is 21.4. The summed E-state index contributed by atoms with van der Waals surface area (Å²) in [6.45, 7) is 0. The second-order valence-corrected chi connectivity index (χ2v) is 9.98. The Kier molecular flexibility index (Phi) is 17.3. The molecule has 0 aliphatic rings. The van der Waals surface area contributed by atoms with Crippen LogP contribution in [0.2, 0.25) is 0 Å². The van der Waals surface area contributed by atoms with Crippen molar-refractivity contribution in [3.63, 3.8) is 0 Å². The number of carbonyl (C=O) groups is 4. The molecule has 4 atom stereocenters. The molecule has 13 heteroatoms. The Balaban J connectivity index is 5.31. The summed E-state index contributed by atoms with van der Waals surface area (Å²) in [7, 11) is 0. The van der Waals surface area contributed by atoms with Gasteiger partial charge in [-0.2, -0.15) is 47.9 Å². The number of carboxylic acids is 1. The highest BCUT2D eigenvalue weighted by molar-refractivity contribution is 7.98. The molecule has 180 valence electrons. The third-order valence-electron chi connectivity index (χ3n) is 4.25. The molecule has 0 aromatic heterocycles. The molecule has 0 aromatic carbocycles. The highest BCUT2D eigenvalue weighted by Gasteiger charge is 2.29. The van der Waals surface area contributed by atoms with Crippen LogP contribution in [-0.2, 0) is 19.2 Å². The Hall–Kier alpha value is -0.760. The molecule has 0 spiro atoms. The largest absolute Gasteiger partial charge is 0.480 e. The summed E-state index contributed by atoms with van der Waals surface area (Å²) < 4.78 is 0. The first kappa shape index (κ1) is 30.2. The number of hydrogen-bond acceptors (Lipinski definition) is 9. The molecule has 0 saturated heterocycles. The van der Waals surface area contributed by atoms with Crippen LogP contribution in [0.5, 0.6) is 0 Å². The fourth-order valence-corrected chi connectivity index (χ4v) is 3.99. The van der Waals surface area contributed by atoms with Crippen LogP contribution in [-0.4, -0.2) is 94.7 Å². The van der Waals surface area contributed by atoms with E-state index >= 15 is 0 Å². The summed E-state index contributed by atoms with van der Waals surface area (Å²) in [6, 6.07) is -3.66. The van der Waals surface area contributed by atoms with Crippen molar-refractivity contribution in [3.05, 3.63) is 0 Å². The summed E-state index contributed by atoms with van der Waals surface area (Å²) in [5, 5.41) is 17.2. The van der Waals surface area contributed by atoms with Gasteiger partial charge >= 0.3 is 5.97 Å². The van der Waals surface area contributed by atoms with Crippen molar-refractivity contribution in [1.82, 2.24) is 16.0 Å². The molecular formula is C18H34N4O5S4. The Morgan fingerprint density at radius 1 is 0.774 bits per heavy atom. The average molecular weight is 515 g/mol. The number of nitrogens with two attached hydrogens (primary N) is 1. The van der Waals surface area contributed by atoms with Gasteiger partial charge in [0.05, 0.1) is 6.04 Å². The lowest BCUT2D eigenvalue weighted by Crippen LogP contribution is -2.57. The molecule has 0 aromatic rings. The van der Waals surface area contributed by atoms with Crippen molar-refractivity contribution in [2.45, 2.75) is 43.4 Å². The standard InChI is InChI=1S/C18H34N4O5S4/c1-29-7-4-12(20-15(23)11(19)10-28)16(24)21-13(5-8-30-2)17(25)22-14(18(26)27)6-9-31-3/h11-14,28H,4-10,19H2,1-3H3,(H,20,23)(H,21,24)(H,22,25)(H,26,27)/t11-,12-,13-,14-/m0/s1. The topological polar surface area (TPSA) is 151 Å². The maximum atomic E-state index is 12.9. The summed E-state index contributed by atoms with van der Waals surface area (Å²) in [4.78, 5) is 49.2. The Bertz CT molecular complexity index is 585. The van der Waals surface area contributed by atoms with Gasteiger partial charge in [-0.15, -0.1) is 0 Å². The molecule has 0 fully saturated rings. The zero-order valence-electron chi connectivity index (χ0n) is 18.1. The molecule has 31 heavy (non-hydrogen) atoms. The minimum absolute atomic E-state index is 0.133. The first-order valence-corrected chi connectivity index (χ1v) is 14.5. The molecule has 3 amide bonds. The maximum Gasteiger partial charge on any atom is 0.326 e. The van der Waals surface area contributed by atoms with E-state index in [1.165, 1.54) is 35.3 Å². The molecule has 0 saturated carbocycles. The predicted molar refractivity (Wildman–Crippen MR) is 134 cm³/mol. The number of hydrogen-bond donors (Lipinski definition) is 6. The fourth-order valence-electron chi connectivity index (χ4n) is 2.41. The Morgan fingerprint density at radius 3 is 1.48 bits per heavy atom. The summed E-state index contributed by atoms with van der Waals surface area (Å²) in [5.41, 5.74) is 5.68. The Morgan fingerprint density at radius 2 is 1.13 bits per heavy atom. The van der Waals surface area contributed by atoms with E-state index < -0.39 is 47.9 Å². The number of thiol groups is 1. The molecule has 9 nitrogen and oxygen atoms in total. The van der Waals surface area contributed by atoms with Crippen molar-refractivity contribution in [1.29, 1.82) is 0 Å². The van der Waals surface area contributed by atoms with Crippen LogP contribution in [0.3, 0.4) is 0 Å². The SMILES string of the molecule is CSCC[C@H](NC(=O)[C@H](CCSC)NC(=O)[C@H](CCSC)NC(=O)[C@@H](N)CS)C(=O)O. The average Bonchev–Trinajstić information content (AvgIpc) is 2.75. The monoisotopic (exact) mass is 514 g/mol. The van der Waals surface area contributed by atoms with E-state index in [4.69, 9.17) is 5.73 Å². The minimum atomic E-state index is -1.12. The molecule has 0 aliphatic carbocycles. The molecule has 0 unspecified atom stereocenters. The lowest BCUT2D eigenvalue weighted by Gasteiger charge is -2.25. The number of amides is 3. The van der Waals surface area contributed by atoms with Gasteiger partial charge in [-0.05, 0) is 55.3 Å². The van der Waals surface area contributed by atoms with Crippen LogP contribution in [0.25, 0.3) is 0 Å². The second-order valence-electron chi connectivity index (χ2n) is 6.66. The third-order valence-corrected chi connectivity index (χ3v) is 6.57. The van der Waals surface area contributed by atoms with Crippen LogP contribution in [0.1, 0.15) is 19.3 Å². The smallest absolute Gasteiger partial charge is 0.326 e. The van der Waals surface area contributed by atoms with Gasteiger partial charge in [0.1, 0.15) is 18.1 Å². The van der Waals surface area contributed by atoms with E-state index in [1.807, 2.05) is 18.8 Å². The number of carboxylic acid groups (broad SMARTS) is 1. The van der Waals surface area contributed by atoms with Crippen LogP contribution < -0.4 is 21.7 Å². The van der Waals surface area contributed by atoms with Crippen molar-refractivity contribution in [2.24, 2.45) is 5.73 Å². The van der Waals surface area contributed by atoms with Gasteiger partial charge in [0.25, 0.3) is 0 Å². The van der Waals surface area contributed by atoms with E-state index in [0.717, 1.165) is 0 Å². The van der Waals surface area contributed by atoms with Gasteiger partial charge in [-0.1, -0.05) is 0 Å². The first-order chi connectivity index (χ1) is 14.7. The van der Waals surface area contributed by atoms with Crippen LogP contribution in [0.4, 0.5) is 0 Å². The molecule has 0 aliphatic heterocycles. The fraction of sp³-hybridized carbons (Fsp3) is 0.778. The highest BCUT2D eigenvalue weighted by Crippen LogP contribution is 2.07. The predicted octanol–water partition coefficient (Wildman–Crippen LogP) is 0.0418. The lowest BCUT2D eigenvalue weighted by molar-refractivity contribution is -0.142. The van der Waals surface area contributed by atoms with E-state index in [0.29, 0.717) is 30.1 Å². The molecule has 0 radical (unpaired) electrons. The normalized spacial score (nSPS) is 14.7. The quantitative estimate of drug-likeness (QED) is 0.148. The van der Waals surface area contributed by atoms with Gasteiger partial charge in [0.15, 0.2) is 0 Å². The van der Waals surface area contributed by atoms with Crippen LogP contribution >= 0.6 is 47.9 Å². The van der Waals surface area contributed by atoms with Gasteiger partial charge in [-0.3, -0.25) is 14.4 Å². The Labute approximate surface area is 202 Å². The molecule has 0 rings (SSSR count). The lowest BCUT2D eigenvalue weighted by atomic mass is 10.1. The highest BCUT2D eigenvalue weighted by atomic mass is 32.2. The zero-order chi connectivity index (χ0) is 23.8. The van der Waals surface area contributed by atoms with Crippen LogP contribution in [0, 0.1) is 0 Å². The van der Waals surface area contributed by atoms with Crippen molar-refractivity contribution in [3.8, 4) is 0 Å². The van der Waals surface area contributed by atoms with Gasteiger partial charge < -0.3 is 26.8 Å². The number of rotatable bonds is 17. The maximum absolute atomic E-state index is 12.9. The number of nitrogens with one attached hydrogen (secondary N) is 3. The third kappa shape index (κ3) is 12.8. The second kappa shape index (κ2) is 17.8. The molecule has 0 bridgehead atoms. The van der Waals surface area contributed by atoms with Gasteiger partial charge in [-0.25, -0.2) is 4.79 Å². The van der Waals surface area contributed by atoms with E-state index in [2.05, 4.69) is 28.6 Å². The number of carbonyl (C=O) groups excluding carboxylic acids is 3. The summed E-state index contributed by atoms with van der Waals surface area (Å²) >= 11 is 8.50. The van der Waals surface area contributed by atoms with Crippen molar-refractivity contribution in [2.75, 3.05) is 41.8 Å². The molecule has 0 heterocycles. The molecular weight excluding hydrogens is 480 g/mol.